The number of nitrogens with zero attached hydrogens (tertiary/aromatic N) is 3. The van der Waals surface area contributed by atoms with E-state index in [9.17, 15) is 4.79 Å². The van der Waals surface area contributed by atoms with Gasteiger partial charge in [0.2, 0.25) is 0 Å². The van der Waals surface area contributed by atoms with Gasteiger partial charge in [0.05, 0.1) is 42.8 Å². The average Bonchev–Trinajstić information content (AvgIpc) is 3.51. The second-order valence-electron chi connectivity index (χ2n) is 7.63. The molecule has 1 aliphatic rings. The predicted molar refractivity (Wildman–Crippen MR) is 117 cm³/mol. The predicted octanol–water partition coefficient (Wildman–Crippen LogP) is 4.85. The quantitative estimate of drug-likeness (QED) is 0.416. The first-order chi connectivity index (χ1) is 15.6. The van der Waals surface area contributed by atoms with Crippen molar-refractivity contribution in [3.8, 4) is 22.5 Å². The Balaban J connectivity index is 1.63. The van der Waals surface area contributed by atoms with E-state index in [2.05, 4.69) is 10.3 Å². The molecule has 5 rings (SSSR count). The molecule has 1 aliphatic heterocycles. The summed E-state index contributed by atoms with van der Waals surface area (Å²) in [5.41, 5.74) is 5.75. The van der Waals surface area contributed by atoms with Crippen molar-refractivity contribution in [3.63, 3.8) is 0 Å². The Morgan fingerprint density at radius 3 is 2.88 bits per heavy atom. The van der Waals surface area contributed by atoms with Crippen LogP contribution in [0.4, 0.5) is 0 Å². The number of rotatable bonds is 5. The van der Waals surface area contributed by atoms with Crippen LogP contribution in [0.1, 0.15) is 40.9 Å². The highest BCUT2D eigenvalue weighted by atomic mass is 16.5. The monoisotopic (exact) mass is 433 g/mol. The van der Waals surface area contributed by atoms with Gasteiger partial charge in [-0.3, -0.25) is 0 Å². The smallest absolute Gasteiger partial charge is 0.342 e. The van der Waals surface area contributed by atoms with Crippen LogP contribution >= 0.6 is 0 Å². The third-order valence-corrected chi connectivity index (χ3v) is 5.59. The summed E-state index contributed by atoms with van der Waals surface area (Å²) in [7, 11) is 0. The number of pyridine rings is 1. The summed E-state index contributed by atoms with van der Waals surface area (Å²) in [6, 6.07) is 5.65. The van der Waals surface area contributed by atoms with E-state index in [0.29, 0.717) is 43.3 Å². The molecular formula is C24H23N3O5. The molecule has 0 N–H and O–H groups in total. The van der Waals surface area contributed by atoms with Crippen LogP contribution in [0, 0.1) is 13.8 Å². The van der Waals surface area contributed by atoms with Gasteiger partial charge in [0.25, 0.3) is 0 Å². The second-order valence-corrected chi connectivity index (χ2v) is 7.63. The zero-order valence-electron chi connectivity index (χ0n) is 18.2. The zero-order chi connectivity index (χ0) is 22.2. The number of carbonyl (C=O) groups is 1. The minimum Gasteiger partial charge on any atom is -0.462 e. The first-order valence-corrected chi connectivity index (χ1v) is 10.6. The standard InChI is InChI=1S/C24H23N3O5/c1-4-30-24(28)18-12-21(31-23(18)16-6-9-29-10-7-16)17-5-8-27-20(11-17)19(13-25-27)22-14(2)26-32-15(22)3/h5-6,8,11-13H,4,7,9-10H2,1-3H3. The molecule has 8 heteroatoms. The highest BCUT2D eigenvalue weighted by Gasteiger charge is 2.24. The molecule has 0 aromatic carbocycles. The molecule has 0 saturated heterocycles. The molecule has 32 heavy (non-hydrogen) atoms. The SMILES string of the molecule is CCOC(=O)c1cc(-c2ccn3ncc(-c4c(C)noc4C)c3c2)oc1C1=CCOCC1. The molecule has 0 fully saturated rings. The van der Waals surface area contributed by atoms with Crippen LogP contribution in [0.15, 0.2) is 45.6 Å². The first-order valence-electron chi connectivity index (χ1n) is 10.6. The van der Waals surface area contributed by atoms with Crippen LogP contribution < -0.4 is 0 Å². The van der Waals surface area contributed by atoms with Crippen molar-refractivity contribution in [2.75, 3.05) is 19.8 Å². The Morgan fingerprint density at radius 1 is 1.28 bits per heavy atom. The van der Waals surface area contributed by atoms with E-state index in [1.165, 1.54) is 0 Å². The van der Waals surface area contributed by atoms with Crippen LogP contribution in [0.3, 0.4) is 0 Å². The van der Waals surface area contributed by atoms with E-state index in [-0.39, 0.29) is 0 Å². The van der Waals surface area contributed by atoms with Crippen LogP contribution in [0.2, 0.25) is 0 Å². The fraction of sp³-hybridized carbons (Fsp3) is 0.292. The number of carbonyl (C=O) groups excluding carboxylic acids is 1. The molecule has 0 atom stereocenters. The fourth-order valence-corrected chi connectivity index (χ4v) is 4.06. The van der Waals surface area contributed by atoms with Gasteiger partial charge in [-0.05, 0) is 51.0 Å². The maximum absolute atomic E-state index is 12.6. The molecule has 0 aliphatic carbocycles. The Kier molecular flexibility index (Phi) is 5.14. The van der Waals surface area contributed by atoms with Gasteiger partial charge < -0.3 is 18.4 Å². The fourth-order valence-electron chi connectivity index (χ4n) is 4.06. The summed E-state index contributed by atoms with van der Waals surface area (Å²) in [5, 5.41) is 8.52. The Bertz CT molecular complexity index is 1320. The number of hydrogen-bond donors (Lipinski definition) is 0. The number of hydrogen-bond acceptors (Lipinski definition) is 7. The normalized spacial score (nSPS) is 14.0. The lowest BCUT2D eigenvalue weighted by atomic mass is 10.0. The summed E-state index contributed by atoms with van der Waals surface area (Å²) in [6.07, 6.45) is 6.30. The Hall–Kier alpha value is -3.65. The lowest BCUT2D eigenvalue weighted by molar-refractivity contribution is 0.0525. The molecular weight excluding hydrogens is 410 g/mol. The van der Waals surface area contributed by atoms with Crippen molar-refractivity contribution in [2.45, 2.75) is 27.2 Å². The van der Waals surface area contributed by atoms with E-state index in [1.54, 1.807) is 23.7 Å². The molecule has 8 nitrogen and oxygen atoms in total. The third kappa shape index (κ3) is 3.42. The van der Waals surface area contributed by atoms with Crippen molar-refractivity contribution in [2.24, 2.45) is 0 Å². The topological polar surface area (TPSA) is 92.0 Å². The molecule has 5 heterocycles. The Labute approximate surface area is 184 Å². The number of ether oxygens (including phenoxy) is 2. The molecule has 4 aromatic rings. The van der Waals surface area contributed by atoms with Gasteiger partial charge in [-0.1, -0.05) is 11.2 Å². The molecule has 4 aromatic heterocycles. The van der Waals surface area contributed by atoms with Crippen molar-refractivity contribution in [1.29, 1.82) is 0 Å². The number of aryl methyl sites for hydroxylation is 2. The van der Waals surface area contributed by atoms with Gasteiger partial charge in [0.15, 0.2) is 0 Å². The maximum atomic E-state index is 12.6. The minimum atomic E-state index is -0.397. The van der Waals surface area contributed by atoms with Crippen LogP contribution in [0.5, 0.6) is 0 Å². The van der Waals surface area contributed by atoms with E-state index < -0.39 is 5.97 Å². The van der Waals surface area contributed by atoms with Crippen molar-refractivity contribution >= 4 is 17.1 Å². The van der Waals surface area contributed by atoms with Crippen molar-refractivity contribution in [1.82, 2.24) is 14.8 Å². The molecule has 0 radical (unpaired) electrons. The van der Waals surface area contributed by atoms with Crippen LogP contribution in [0.25, 0.3) is 33.5 Å². The van der Waals surface area contributed by atoms with Crippen LogP contribution in [-0.4, -0.2) is 40.6 Å². The highest BCUT2D eigenvalue weighted by molar-refractivity contribution is 5.96. The van der Waals surface area contributed by atoms with Gasteiger partial charge in [0, 0.05) is 17.3 Å². The zero-order valence-corrected chi connectivity index (χ0v) is 18.2. The largest absolute Gasteiger partial charge is 0.462 e. The van der Waals surface area contributed by atoms with Gasteiger partial charge >= 0.3 is 5.97 Å². The highest BCUT2D eigenvalue weighted by Crippen LogP contribution is 2.36. The van der Waals surface area contributed by atoms with Gasteiger partial charge in [0.1, 0.15) is 22.8 Å². The summed E-state index contributed by atoms with van der Waals surface area (Å²) in [6.45, 7) is 6.96. The summed E-state index contributed by atoms with van der Waals surface area (Å²) in [4.78, 5) is 12.6. The first kappa shape index (κ1) is 20.3. The van der Waals surface area contributed by atoms with Crippen molar-refractivity contribution < 1.29 is 23.2 Å². The molecule has 164 valence electrons. The molecule has 0 saturated carbocycles. The van der Waals surface area contributed by atoms with Crippen molar-refractivity contribution in [3.05, 3.63) is 59.4 Å². The van der Waals surface area contributed by atoms with Crippen LogP contribution in [-0.2, 0) is 9.47 Å². The van der Waals surface area contributed by atoms with E-state index >= 15 is 0 Å². The minimum absolute atomic E-state index is 0.295. The molecule has 0 bridgehead atoms. The van der Waals surface area contributed by atoms with E-state index in [4.69, 9.17) is 18.4 Å². The third-order valence-electron chi connectivity index (χ3n) is 5.59. The van der Waals surface area contributed by atoms with E-state index in [0.717, 1.165) is 39.2 Å². The number of aromatic nitrogens is 3. The van der Waals surface area contributed by atoms with Gasteiger partial charge in [-0.25, -0.2) is 9.31 Å². The summed E-state index contributed by atoms with van der Waals surface area (Å²) in [5.74, 6) is 1.47. The molecule has 0 amide bonds. The second kappa shape index (κ2) is 8.12. The number of fused-ring (bicyclic) bond motifs is 1. The maximum Gasteiger partial charge on any atom is 0.342 e. The number of esters is 1. The summed E-state index contributed by atoms with van der Waals surface area (Å²) >= 11 is 0. The summed E-state index contributed by atoms with van der Waals surface area (Å²) < 4.78 is 24.0. The average molecular weight is 433 g/mol. The van der Waals surface area contributed by atoms with Gasteiger partial charge in [-0.15, -0.1) is 0 Å². The lowest BCUT2D eigenvalue weighted by Crippen LogP contribution is -2.08. The molecule has 0 spiro atoms. The van der Waals surface area contributed by atoms with Gasteiger partial charge in [-0.2, -0.15) is 5.10 Å². The molecule has 0 unspecified atom stereocenters. The lowest BCUT2D eigenvalue weighted by Gasteiger charge is -2.12. The Morgan fingerprint density at radius 2 is 2.16 bits per heavy atom. The number of furan rings is 1. The van der Waals surface area contributed by atoms with E-state index in [1.807, 2.05) is 38.3 Å².